The van der Waals surface area contributed by atoms with Gasteiger partial charge in [0.1, 0.15) is 12.4 Å². The molecule has 0 spiro atoms. The first-order chi connectivity index (χ1) is 8.09. The average molecular weight is 237 g/mol. The van der Waals surface area contributed by atoms with Crippen LogP contribution in [-0.4, -0.2) is 37.5 Å². The van der Waals surface area contributed by atoms with Gasteiger partial charge in [0.2, 0.25) is 0 Å². The lowest BCUT2D eigenvalue weighted by Gasteiger charge is -2.32. The van der Waals surface area contributed by atoms with E-state index in [4.69, 9.17) is 4.74 Å². The van der Waals surface area contributed by atoms with Crippen molar-refractivity contribution < 1.29 is 14.9 Å². The molecule has 2 heterocycles. The molecule has 6 heteroatoms. The lowest BCUT2D eigenvalue weighted by molar-refractivity contribution is -0.305. The standard InChI is InChI=1S/C11H15N3O3/c1-3-17-11(16,8(2)15)14-5-4-9-10(14)6-12-7-13-9/h4-8,15-16H,3H2,1-2H3. The van der Waals surface area contributed by atoms with Crippen LogP contribution in [0.5, 0.6) is 0 Å². The third kappa shape index (κ3) is 1.90. The van der Waals surface area contributed by atoms with Crippen molar-refractivity contribution in [1.29, 1.82) is 0 Å². The number of hydrogen-bond donors (Lipinski definition) is 2. The quantitative estimate of drug-likeness (QED) is 0.755. The molecule has 2 unspecified atom stereocenters. The summed E-state index contributed by atoms with van der Waals surface area (Å²) in [5.74, 6) is -1.80. The van der Waals surface area contributed by atoms with Crippen LogP contribution in [0.25, 0.3) is 11.0 Å². The molecule has 2 aromatic rings. The van der Waals surface area contributed by atoms with Gasteiger partial charge in [0, 0.05) is 12.8 Å². The fourth-order valence-electron chi connectivity index (χ4n) is 1.75. The Morgan fingerprint density at radius 1 is 1.59 bits per heavy atom. The van der Waals surface area contributed by atoms with E-state index in [9.17, 15) is 10.2 Å². The van der Waals surface area contributed by atoms with Gasteiger partial charge in [0.25, 0.3) is 5.91 Å². The van der Waals surface area contributed by atoms with Crippen LogP contribution < -0.4 is 0 Å². The summed E-state index contributed by atoms with van der Waals surface area (Å²) in [7, 11) is 0. The van der Waals surface area contributed by atoms with Gasteiger partial charge < -0.3 is 14.9 Å². The minimum Gasteiger partial charge on any atom is -0.386 e. The van der Waals surface area contributed by atoms with Gasteiger partial charge in [-0.2, -0.15) is 0 Å². The number of aliphatic hydroxyl groups is 2. The molecule has 2 N–H and O–H groups in total. The zero-order valence-electron chi connectivity index (χ0n) is 9.74. The van der Waals surface area contributed by atoms with Crippen molar-refractivity contribution >= 4 is 11.0 Å². The fourth-order valence-corrected chi connectivity index (χ4v) is 1.75. The summed E-state index contributed by atoms with van der Waals surface area (Å²) in [6.07, 6.45) is 3.52. The molecule has 0 aromatic carbocycles. The van der Waals surface area contributed by atoms with Gasteiger partial charge in [-0.3, -0.25) is 4.57 Å². The molecule has 2 atom stereocenters. The Balaban J connectivity index is 2.56. The topological polar surface area (TPSA) is 80.4 Å². The van der Waals surface area contributed by atoms with E-state index in [-0.39, 0.29) is 6.61 Å². The van der Waals surface area contributed by atoms with E-state index in [1.54, 1.807) is 25.4 Å². The molecule has 0 bridgehead atoms. The zero-order valence-corrected chi connectivity index (χ0v) is 9.74. The third-order valence-corrected chi connectivity index (χ3v) is 2.61. The summed E-state index contributed by atoms with van der Waals surface area (Å²) < 4.78 is 6.68. The summed E-state index contributed by atoms with van der Waals surface area (Å²) in [4.78, 5) is 7.95. The first kappa shape index (κ1) is 12.0. The van der Waals surface area contributed by atoms with Crippen LogP contribution in [0.2, 0.25) is 0 Å². The van der Waals surface area contributed by atoms with E-state index in [1.165, 1.54) is 17.8 Å². The van der Waals surface area contributed by atoms with Crippen LogP contribution in [0, 0.1) is 0 Å². The number of rotatable bonds is 4. The highest BCUT2D eigenvalue weighted by molar-refractivity contribution is 5.74. The molecule has 0 radical (unpaired) electrons. The molecule has 0 aliphatic carbocycles. The summed E-state index contributed by atoms with van der Waals surface area (Å²) in [6, 6.07) is 1.73. The average Bonchev–Trinajstić information content (AvgIpc) is 2.73. The molecule has 0 amide bonds. The van der Waals surface area contributed by atoms with Crippen molar-refractivity contribution in [1.82, 2.24) is 14.5 Å². The lowest BCUT2D eigenvalue weighted by atomic mass is 10.3. The molecule has 0 aliphatic rings. The summed E-state index contributed by atoms with van der Waals surface area (Å²) in [5.41, 5.74) is 1.28. The van der Waals surface area contributed by atoms with Gasteiger partial charge >= 0.3 is 0 Å². The first-order valence-corrected chi connectivity index (χ1v) is 5.41. The molecule has 6 nitrogen and oxygen atoms in total. The Morgan fingerprint density at radius 3 is 3.00 bits per heavy atom. The van der Waals surface area contributed by atoms with Crippen LogP contribution in [-0.2, 0) is 10.6 Å². The van der Waals surface area contributed by atoms with Gasteiger partial charge in [-0.15, -0.1) is 0 Å². The van der Waals surface area contributed by atoms with Crippen LogP contribution in [0.15, 0.2) is 24.8 Å². The fraction of sp³-hybridized carbons (Fsp3) is 0.455. The van der Waals surface area contributed by atoms with Crippen LogP contribution in [0.1, 0.15) is 13.8 Å². The van der Waals surface area contributed by atoms with Crippen molar-refractivity contribution in [2.24, 2.45) is 0 Å². The number of ether oxygens (including phenoxy) is 1. The van der Waals surface area contributed by atoms with Crippen molar-refractivity contribution in [3.8, 4) is 0 Å². The first-order valence-electron chi connectivity index (χ1n) is 5.41. The number of aromatic nitrogens is 3. The molecule has 0 aliphatic heterocycles. The Labute approximate surface area is 98.5 Å². The normalized spacial score (nSPS) is 16.9. The molecule has 0 fully saturated rings. The predicted octanol–water partition coefficient (Wildman–Crippen LogP) is 0.451. The maximum absolute atomic E-state index is 10.4. The van der Waals surface area contributed by atoms with E-state index in [1.807, 2.05) is 0 Å². The summed E-state index contributed by atoms with van der Waals surface area (Å²) in [6.45, 7) is 3.48. The van der Waals surface area contributed by atoms with Crippen molar-refractivity contribution in [3.63, 3.8) is 0 Å². The van der Waals surface area contributed by atoms with E-state index in [0.717, 1.165) is 0 Å². The number of hydrogen-bond acceptors (Lipinski definition) is 5. The molecular weight excluding hydrogens is 222 g/mol. The second-order valence-corrected chi connectivity index (χ2v) is 3.75. The second kappa shape index (κ2) is 4.40. The summed E-state index contributed by atoms with van der Waals surface area (Å²) >= 11 is 0. The second-order valence-electron chi connectivity index (χ2n) is 3.75. The lowest BCUT2D eigenvalue weighted by Crippen LogP contribution is -2.45. The van der Waals surface area contributed by atoms with Crippen molar-refractivity contribution in [2.45, 2.75) is 25.9 Å². The van der Waals surface area contributed by atoms with Gasteiger partial charge in [0.05, 0.1) is 17.2 Å². The molecule has 0 saturated heterocycles. The van der Waals surface area contributed by atoms with Crippen molar-refractivity contribution in [2.75, 3.05) is 6.61 Å². The highest BCUT2D eigenvalue weighted by atomic mass is 16.7. The monoisotopic (exact) mass is 237 g/mol. The van der Waals surface area contributed by atoms with E-state index < -0.39 is 12.0 Å². The zero-order chi connectivity index (χ0) is 12.5. The Hall–Kier alpha value is -1.50. The smallest absolute Gasteiger partial charge is 0.280 e. The Morgan fingerprint density at radius 2 is 2.35 bits per heavy atom. The highest BCUT2D eigenvalue weighted by Crippen LogP contribution is 2.25. The Kier molecular flexibility index (Phi) is 3.10. The third-order valence-electron chi connectivity index (χ3n) is 2.61. The molecule has 0 saturated carbocycles. The van der Waals surface area contributed by atoms with Crippen LogP contribution in [0.3, 0.4) is 0 Å². The van der Waals surface area contributed by atoms with Gasteiger partial charge in [-0.05, 0) is 19.9 Å². The van der Waals surface area contributed by atoms with Crippen molar-refractivity contribution in [3.05, 3.63) is 24.8 Å². The van der Waals surface area contributed by atoms with E-state index >= 15 is 0 Å². The number of nitrogens with zero attached hydrogens (tertiary/aromatic N) is 3. The van der Waals surface area contributed by atoms with Crippen LogP contribution >= 0.6 is 0 Å². The number of aliphatic hydroxyl groups excluding tert-OH is 1. The molecule has 2 rings (SSSR count). The molecule has 17 heavy (non-hydrogen) atoms. The maximum atomic E-state index is 10.4. The largest absolute Gasteiger partial charge is 0.386 e. The molecular formula is C11H15N3O3. The minimum absolute atomic E-state index is 0.273. The minimum atomic E-state index is -1.80. The molecule has 2 aromatic heterocycles. The summed E-state index contributed by atoms with van der Waals surface area (Å²) in [5, 5.41) is 20.1. The highest BCUT2D eigenvalue weighted by Gasteiger charge is 2.36. The van der Waals surface area contributed by atoms with Gasteiger partial charge in [0.15, 0.2) is 0 Å². The Bertz CT molecular complexity index is 511. The predicted molar refractivity (Wildman–Crippen MR) is 61.0 cm³/mol. The maximum Gasteiger partial charge on any atom is 0.280 e. The number of fused-ring (bicyclic) bond motifs is 1. The molecule has 92 valence electrons. The van der Waals surface area contributed by atoms with Gasteiger partial charge in [-0.25, -0.2) is 9.97 Å². The van der Waals surface area contributed by atoms with E-state index in [0.29, 0.717) is 11.0 Å². The van der Waals surface area contributed by atoms with E-state index in [2.05, 4.69) is 9.97 Å². The SMILES string of the molecule is CCOC(O)(C(C)O)n1ccc2ncncc21. The van der Waals surface area contributed by atoms with Gasteiger partial charge in [-0.1, -0.05) is 0 Å². The van der Waals surface area contributed by atoms with Crippen LogP contribution in [0.4, 0.5) is 0 Å².